The number of hydrogen-bond acceptors (Lipinski definition) is 6. The van der Waals surface area contributed by atoms with E-state index in [9.17, 15) is 14.0 Å². The van der Waals surface area contributed by atoms with Crippen LogP contribution in [0, 0.1) is 12.7 Å². The average molecular weight is 495 g/mol. The third kappa shape index (κ3) is 4.25. The van der Waals surface area contributed by atoms with Crippen LogP contribution >= 0.6 is 24.0 Å². The Balaban J connectivity index is 1.57. The normalized spacial score (nSPS) is 17.9. The van der Waals surface area contributed by atoms with E-state index in [-0.39, 0.29) is 23.8 Å². The van der Waals surface area contributed by atoms with Crippen molar-refractivity contribution in [1.29, 1.82) is 0 Å². The number of carbonyl (C=O) groups is 1. The second-order valence-electron chi connectivity index (χ2n) is 8.48. The highest BCUT2D eigenvalue weighted by molar-refractivity contribution is 8.26. The van der Waals surface area contributed by atoms with Gasteiger partial charge in [-0.05, 0) is 61.6 Å². The van der Waals surface area contributed by atoms with Crippen molar-refractivity contribution in [2.75, 3.05) is 18.0 Å². The molecular formula is C25H23FN4O2S2. The molecule has 5 rings (SSSR count). The van der Waals surface area contributed by atoms with Crippen molar-refractivity contribution < 1.29 is 9.18 Å². The van der Waals surface area contributed by atoms with E-state index < -0.39 is 0 Å². The maximum Gasteiger partial charge on any atom is 0.267 e. The lowest BCUT2D eigenvalue weighted by molar-refractivity contribution is -0.122. The number of fused-ring (bicyclic) bond motifs is 1. The summed E-state index contributed by atoms with van der Waals surface area (Å²) in [5.41, 5.74) is 2.49. The van der Waals surface area contributed by atoms with Gasteiger partial charge < -0.3 is 4.90 Å². The maximum absolute atomic E-state index is 13.6. The fraction of sp³-hybridized carbons (Fsp3) is 0.280. The number of anilines is 1. The minimum Gasteiger partial charge on any atom is -0.356 e. The summed E-state index contributed by atoms with van der Waals surface area (Å²) in [5, 5.41) is 0. The van der Waals surface area contributed by atoms with Gasteiger partial charge in [0.25, 0.3) is 11.5 Å². The largest absolute Gasteiger partial charge is 0.356 e. The Hall–Kier alpha value is -3.04. The van der Waals surface area contributed by atoms with Gasteiger partial charge in [-0.2, -0.15) is 0 Å². The Kier molecular flexibility index (Phi) is 6.22. The second-order valence-corrected chi connectivity index (χ2v) is 10.2. The number of aryl methyl sites for hydroxylation is 1. The van der Waals surface area contributed by atoms with Crippen molar-refractivity contribution in [3.63, 3.8) is 0 Å². The maximum atomic E-state index is 13.6. The van der Waals surface area contributed by atoms with Gasteiger partial charge >= 0.3 is 0 Å². The summed E-state index contributed by atoms with van der Waals surface area (Å²) in [6.07, 6.45) is 6.56. The first-order valence-electron chi connectivity index (χ1n) is 11.2. The van der Waals surface area contributed by atoms with Gasteiger partial charge in [-0.3, -0.25) is 18.9 Å². The molecule has 2 aliphatic heterocycles. The lowest BCUT2D eigenvalue weighted by Gasteiger charge is -2.29. The molecule has 2 saturated heterocycles. The van der Waals surface area contributed by atoms with Crippen LogP contribution in [0.15, 0.2) is 52.3 Å². The molecule has 1 aromatic carbocycles. The molecule has 6 nitrogen and oxygen atoms in total. The molecule has 0 unspecified atom stereocenters. The molecule has 0 N–H and O–H groups in total. The highest BCUT2D eigenvalue weighted by Crippen LogP contribution is 2.35. The summed E-state index contributed by atoms with van der Waals surface area (Å²) >= 11 is 6.64. The van der Waals surface area contributed by atoms with Gasteiger partial charge in [-0.25, -0.2) is 9.37 Å². The topological polar surface area (TPSA) is 57.9 Å². The summed E-state index contributed by atoms with van der Waals surface area (Å²) in [4.78, 5) is 35.7. The van der Waals surface area contributed by atoms with Gasteiger partial charge in [0.15, 0.2) is 0 Å². The van der Waals surface area contributed by atoms with Crippen LogP contribution in [-0.4, -0.2) is 37.6 Å². The number of nitrogens with zero attached hydrogens (tertiary/aromatic N) is 4. The van der Waals surface area contributed by atoms with E-state index in [0.717, 1.165) is 43.5 Å². The van der Waals surface area contributed by atoms with Gasteiger partial charge in [0.05, 0.1) is 17.0 Å². The van der Waals surface area contributed by atoms with E-state index in [4.69, 9.17) is 17.2 Å². The Morgan fingerprint density at radius 1 is 1.12 bits per heavy atom. The zero-order valence-corrected chi connectivity index (χ0v) is 20.3. The standard InChI is InChI=1S/C25H23FN4O2S2/c1-16-6-5-13-29-21(16)27-22(28-11-3-2-4-12-28)19(23(29)31)14-20-24(32)30(25(33)34-20)15-17-7-9-18(26)10-8-17/h5-10,13-14H,2-4,11-12,15H2,1H3/b20-14+. The van der Waals surface area contributed by atoms with Crippen molar-refractivity contribution in [3.8, 4) is 0 Å². The Labute approximate surface area is 206 Å². The highest BCUT2D eigenvalue weighted by atomic mass is 32.2. The quantitative estimate of drug-likeness (QED) is 0.392. The van der Waals surface area contributed by atoms with Crippen LogP contribution in [0.5, 0.6) is 0 Å². The van der Waals surface area contributed by atoms with Crippen molar-refractivity contribution in [2.24, 2.45) is 0 Å². The number of thiocarbonyl (C=S) groups is 1. The number of pyridine rings is 1. The molecule has 2 aliphatic rings. The van der Waals surface area contributed by atoms with Gasteiger partial charge in [0.1, 0.15) is 21.6 Å². The molecule has 2 aromatic heterocycles. The molecule has 0 spiro atoms. The lowest BCUT2D eigenvalue weighted by atomic mass is 10.1. The first kappa shape index (κ1) is 22.7. The Morgan fingerprint density at radius 2 is 1.85 bits per heavy atom. The van der Waals surface area contributed by atoms with Crippen LogP contribution in [0.2, 0.25) is 0 Å². The molecule has 174 valence electrons. The molecule has 4 heterocycles. The fourth-order valence-corrected chi connectivity index (χ4v) is 5.55. The predicted molar refractivity (Wildman–Crippen MR) is 137 cm³/mol. The Bertz CT molecular complexity index is 1380. The van der Waals surface area contributed by atoms with Gasteiger partial charge in [-0.15, -0.1) is 0 Å². The van der Waals surface area contributed by atoms with Crippen LogP contribution < -0.4 is 10.5 Å². The van der Waals surface area contributed by atoms with Crippen LogP contribution in [0.25, 0.3) is 11.7 Å². The van der Waals surface area contributed by atoms with Crippen LogP contribution in [0.4, 0.5) is 10.2 Å². The molecule has 2 fully saturated rings. The van der Waals surface area contributed by atoms with E-state index in [1.165, 1.54) is 33.2 Å². The number of halogens is 1. The first-order valence-corrected chi connectivity index (χ1v) is 12.4. The van der Waals surface area contributed by atoms with Crippen molar-refractivity contribution in [3.05, 3.63) is 80.4 Å². The molecule has 1 amide bonds. The number of hydrogen-bond donors (Lipinski definition) is 0. The number of carbonyl (C=O) groups excluding carboxylic acids is 1. The molecule has 0 saturated carbocycles. The number of rotatable bonds is 4. The minimum absolute atomic E-state index is 0.210. The van der Waals surface area contributed by atoms with Crippen molar-refractivity contribution in [2.45, 2.75) is 32.7 Å². The zero-order chi connectivity index (χ0) is 23.8. The number of aromatic nitrogens is 2. The molecule has 0 bridgehead atoms. The van der Waals surface area contributed by atoms with E-state index in [0.29, 0.717) is 26.3 Å². The number of thioether (sulfide) groups is 1. The summed E-state index contributed by atoms with van der Waals surface area (Å²) in [5.74, 6) is 0.0132. The summed E-state index contributed by atoms with van der Waals surface area (Å²) in [6.45, 7) is 3.82. The summed E-state index contributed by atoms with van der Waals surface area (Å²) in [7, 11) is 0. The molecule has 3 aromatic rings. The van der Waals surface area contributed by atoms with Gasteiger partial charge in [-0.1, -0.05) is 42.2 Å². The third-order valence-corrected chi connectivity index (χ3v) is 7.50. The van der Waals surface area contributed by atoms with Crippen LogP contribution in [0.3, 0.4) is 0 Å². The SMILES string of the molecule is Cc1cccn2c(=O)c(/C=C3/SC(=S)N(Cc4ccc(F)cc4)C3=O)c(N3CCCCC3)nc12. The molecular weight excluding hydrogens is 471 g/mol. The monoisotopic (exact) mass is 494 g/mol. The van der Waals surface area contributed by atoms with E-state index in [1.54, 1.807) is 24.4 Å². The van der Waals surface area contributed by atoms with Crippen molar-refractivity contribution in [1.82, 2.24) is 14.3 Å². The lowest BCUT2D eigenvalue weighted by Crippen LogP contribution is -2.33. The van der Waals surface area contributed by atoms with Gasteiger partial charge in [0.2, 0.25) is 0 Å². The van der Waals surface area contributed by atoms with Crippen molar-refractivity contribution >= 4 is 51.7 Å². The molecule has 0 radical (unpaired) electrons. The van der Waals surface area contributed by atoms with E-state index in [1.807, 2.05) is 19.1 Å². The van der Waals surface area contributed by atoms with E-state index in [2.05, 4.69) is 4.90 Å². The zero-order valence-electron chi connectivity index (χ0n) is 18.7. The smallest absolute Gasteiger partial charge is 0.267 e. The van der Waals surface area contributed by atoms with Crippen LogP contribution in [-0.2, 0) is 11.3 Å². The third-order valence-electron chi connectivity index (χ3n) is 6.12. The molecule has 9 heteroatoms. The number of piperidine rings is 1. The van der Waals surface area contributed by atoms with Gasteiger partial charge in [0, 0.05) is 19.3 Å². The summed E-state index contributed by atoms with van der Waals surface area (Å²) in [6, 6.07) is 9.73. The number of benzene rings is 1. The van der Waals surface area contributed by atoms with Crippen LogP contribution in [0.1, 0.15) is 36.0 Å². The molecule has 0 aliphatic carbocycles. The van der Waals surface area contributed by atoms with E-state index >= 15 is 0 Å². The predicted octanol–water partition coefficient (Wildman–Crippen LogP) is 4.53. The summed E-state index contributed by atoms with van der Waals surface area (Å²) < 4.78 is 15.2. The average Bonchev–Trinajstić information content (AvgIpc) is 3.10. The Morgan fingerprint density at radius 3 is 2.59 bits per heavy atom. The number of amides is 1. The highest BCUT2D eigenvalue weighted by Gasteiger charge is 2.33. The molecule has 0 atom stereocenters. The molecule has 34 heavy (non-hydrogen) atoms. The second kappa shape index (κ2) is 9.31. The first-order chi connectivity index (χ1) is 16.4. The minimum atomic E-state index is -0.334. The fourth-order valence-electron chi connectivity index (χ4n) is 4.31.